The average molecular weight is 288 g/mol. The number of hydrogen-bond acceptors (Lipinski definition) is 2. The molecule has 3 aromatic rings. The summed E-state index contributed by atoms with van der Waals surface area (Å²) in [6, 6.07) is 11.5. The predicted octanol–water partition coefficient (Wildman–Crippen LogP) is 4.45. The molecule has 19 heavy (non-hydrogen) atoms. The number of aromatic nitrogens is 3. The number of hydrogen-bond donors (Lipinski definition) is 2. The van der Waals surface area contributed by atoms with Crippen molar-refractivity contribution >= 4 is 23.8 Å². The van der Waals surface area contributed by atoms with Gasteiger partial charge in [-0.05, 0) is 36.5 Å². The van der Waals surface area contributed by atoms with E-state index >= 15 is 0 Å². The zero-order valence-electron chi connectivity index (χ0n) is 9.85. The number of imidazole rings is 1. The molecule has 2 heterocycles. The van der Waals surface area contributed by atoms with Crippen LogP contribution >= 0.6 is 23.8 Å². The summed E-state index contributed by atoms with van der Waals surface area (Å²) in [5.74, 6) is 0. The summed E-state index contributed by atoms with van der Waals surface area (Å²) in [5.41, 5.74) is 3.97. The van der Waals surface area contributed by atoms with Gasteiger partial charge in [0.2, 0.25) is 0 Å². The van der Waals surface area contributed by atoms with E-state index in [1.807, 2.05) is 36.4 Å². The third-order valence-corrected chi connectivity index (χ3v) is 3.29. The molecule has 0 aliphatic carbocycles. The standard InChI is InChI=1S/C14H10ClN3S/c15-11-3-1-9(2-4-11)12-13(18-14(19)17-12)10-5-7-16-8-6-10/h1-8H,(H2,17,18,19). The van der Waals surface area contributed by atoms with Gasteiger partial charge in [-0.1, -0.05) is 23.7 Å². The van der Waals surface area contributed by atoms with Crippen LogP contribution in [0.1, 0.15) is 0 Å². The van der Waals surface area contributed by atoms with Crippen LogP contribution in [0.3, 0.4) is 0 Å². The van der Waals surface area contributed by atoms with Crippen LogP contribution in [0.2, 0.25) is 5.02 Å². The maximum atomic E-state index is 5.91. The quantitative estimate of drug-likeness (QED) is 0.684. The molecule has 0 saturated carbocycles. The zero-order valence-corrected chi connectivity index (χ0v) is 11.4. The fraction of sp³-hybridized carbons (Fsp3) is 0. The molecule has 0 saturated heterocycles. The molecule has 0 radical (unpaired) electrons. The van der Waals surface area contributed by atoms with Crippen molar-refractivity contribution in [3.63, 3.8) is 0 Å². The monoisotopic (exact) mass is 287 g/mol. The highest BCUT2D eigenvalue weighted by atomic mass is 35.5. The number of benzene rings is 1. The lowest BCUT2D eigenvalue weighted by molar-refractivity contribution is 1.26. The molecule has 0 amide bonds. The summed E-state index contributed by atoms with van der Waals surface area (Å²) in [6.45, 7) is 0. The number of halogens is 1. The van der Waals surface area contributed by atoms with Crippen LogP contribution in [0, 0.1) is 4.77 Å². The van der Waals surface area contributed by atoms with Crippen molar-refractivity contribution in [2.75, 3.05) is 0 Å². The lowest BCUT2D eigenvalue weighted by Gasteiger charge is -2.03. The van der Waals surface area contributed by atoms with Crippen molar-refractivity contribution in [3.8, 4) is 22.5 Å². The first-order valence-electron chi connectivity index (χ1n) is 5.72. The van der Waals surface area contributed by atoms with E-state index < -0.39 is 0 Å². The first-order chi connectivity index (χ1) is 9.24. The van der Waals surface area contributed by atoms with E-state index in [2.05, 4.69) is 15.0 Å². The van der Waals surface area contributed by atoms with Crippen LogP contribution < -0.4 is 0 Å². The summed E-state index contributed by atoms with van der Waals surface area (Å²) in [4.78, 5) is 10.4. The van der Waals surface area contributed by atoms with Gasteiger partial charge >= 0.3 is 0 Å². The highest BCUT2D eigenvalue weighted by molar-refractivity contribution is 7.71. The van der Waals surface area contributed by atoms with E-state index in [9.17, 15) is 0 Å². The summed E-state index contributed by atoms with van der Waals surface area (Å²) in [5, 5.41) is 0.711. The molecule has 3 nitrogen and oxygen atoms in total. The van der Waals surface area contributed by atoms with E-state index in [0.29, 0.717) is 9.79 Å². The summed E-state index contributed by atoms with van der Waals surface area (Å²) < 4.78 is 0.594. The third kappa shape index (κ3) is 2.45. The summed E-state index contributed by atoms with van der Waals surface area (Å²) >= 11 is 11.1. The summed E-state index contributed by atoms with van der Waals surface area (Å²) in [6.07, 6.45) is 3.51. The number of nitrogens with one attached hydrogen (secondary N) is 2. The second-order valence-corrected chi connectivity index (χ2v) is 4.92. The van der Waals surface area contributed by atoms with E-state index in [1.54, 1.807) is 12.4 Å². The Kier molecular flexibility index (Phi) is 3.19. The molecule has 0 fully saturated rings. The minimum Gasteiger partial charge on any atom is -0.330 e. The minimum atomic E-state index is 0.594. The van der Waals surface area contributed by atoms with Gasteiger partial charge in [0.25, 0.3) is 0 Å². The van der Waals surface area contributed by atoms with Gasteiger partial charge in [0.15, 0.2) is 4.77 Å². The Morgan fingerprint density at radius 2 is 1.37 bits per heavy atom. The number of rotatable bonds is 2. The molecule has 2 N–H and O–H groups in total. The van der Waals surface area contributed by atoms with Crippen LogP contribution in [-0.2, 0) is 0 Å². The molecule has 0 aliphatic heterocycles. The second kappa shape index (κ2) is 4.99. The van der Waals surface area contributed by atoms with E-state index in [-0.39, 0.29) is 0 Å². The van der Waals surface area contributed by atoms with Crippen molar-refractivity contribution < 1.29 is 0 Å². The molecule has 0 bridgehead atoms. The Labute approximate surface area is 120 Å². The fourth-order valence-corrected chi connectivity index (χ4v) is 2.28. The number of H-pyrrole nitrogens is 2. The Morgan fingerprint density at radius 3 is 1.95 bits per heavy atom. The Balaban J connectivity index is 2.17. The first-order valence-corrected chi connectivity index (χ1v) is 6.51. The molecule has 94 valence electrons. The first kappa shape index (κ1) is 12.1. The molecule has 0 aliphatic rings. The molecule has 0 atom stereocenters. The Morgan fingerprint density at radius 1 is 0.842 bits per heavy atom. The fourth-order valence-electron chi connectivity index (χ4n) is 1.95. The molecule has 0 spiro atoms. The maximum Gasteiger partial charge on any atom is 0.175 e. The predicted molar refractivity (Wildman–Crippen MR) is 79.7 cm³/mol. The van der Waals surface area contributed by atoms with E-state index in [4.69, 9.17) is 23.8 Å². The van der Waals surface area contributed by atoms with E-state index in [0.717, 1.165) is 22.5 Å². The third-order valence-electron chi connectivity index (χ3n) is 2.83. The lowest BCUT2D eigenvalue weighted by atomic mass is 10.1. The highest BCUT2D eigenvalue weighted by Gasteiger charge is 2.10. The Hall–Kier alpha value is -1.91. The van der Waals surface area contributed by atoms with Crippen molar-refractivity contribution in [1.82, 2.24) is 15.0 Å². The molecular weight excluding hydrogens is 278 g/mol. The van der Waals surface area contributed by atoms with Crippen LogP contribution in [0.25, 0.3) is 22.5 Å². The van der Waals surface area contributed by atoms with Gasteiger partial charge < -0.3 is 9.97 Å². The molecule has 1 aromatic carbocycles. The van der Waals surface area contributed by atoms with Crippen molar-refractivity contribution in [1.29, 1.82) is 0 Å². The molecule has 0 unspecified atom stereocenters. The van der Waals surface area contributed by atoms with E-state index in [1.165, 1.54) is 0 Å². The van der Waals surface area contributed by atoms with Crippen molar-refractivity contribution in [2.45, 2.75) is 0 Å². The van der Waals surface area contributed by atoms with Crippen molar-refractivity contribution in [3.05, 3.63) is 58.6 Å². The second-order valence-electron chi connectivity index (χ2n) is 4.07. The van der Waals surface area contributed by atoms with Gasteiger partial charge in [-0.25, -0.2) is 0 Å². The molecular formula is C14H10ClN3S. The summed E-state index contributed by atoms with van der Waals surface area (Å²) in [7, 11) is 0. The Bertz CT molecular complexity index is 744. The van der Waals surface area contributed by atoms with Crippen LogP contribution in [0.15, 0.2) is 48.8 Å². The average Bonchev–Trinajstić information content (AvgIpc) is 2.83. The van der Waals surface area contributed by atoms with Gasteiger partial charge in [0, 0.05) is 28.5 Å². The molecule has 3 rings (SSSR count). The maximum absolute atomic E-state index is 5.91. The smallest absolute Gasteiger partial charge is 0.175 e. The minimum absolute atomic E-state index is 0.594. The van der Waals surface area contributed by atoms with Crippen molar-refractivity contribution in [2.24, 2.45) is 0 Å². The normalized spacial score (nSPS) is 10.6. The topological polar surface area (TPSA) is 44.5 Å². The van der Waals surface area contributed by atoms with Gasteiger partial charge in [0.05, 0.1) is 11.4 Å². The highest BCUT2D eigenvalue weighted by Crippen LogP contribution is 2.29. The van der Waals surface area contributed by atoms with Gasteiger partial charge in [-0.2, -0.15) is 0 Å². The lowest BCUT2D eigenvalue weighted by Crippen LogP contribution is -1.84. The van der Waals surface area contributed by atoms with Crippen LogP contribution in [-0.4, -0.2) is 15.0 Å². The van der Waals surface area contributed by atoms with Gasteiger partial charge in [-0.3, -0.25) is 4.98 Å². The number of pyridine rings is 1. The van der Waals surface area contributed by atoms with Gasteiger partial charge in [0.1, 0.15) is 0 Å². The molecule has 2 aromatic heterocycles. The number of aromatic amines is 2. The largest absolute Gasteiger partial charge is 0.330 e. The zero-order chi connectivity index (χ0) is 13.2. The SMILES string of the molecule is S=c1[nH]c(-c2ccncc2)c(-c2ccc(Cl)cc2)[nH]1. The van der Waals surface area contributed by atoms with Crippen LogP contribution in [0.4, 0.5) is 0 Å². The van der Waals surface area contributed by atoms with Crippen LogP contribution in [0.5, 0.6) is 0 Å². The number of nitrogens with zero attached hydrogens (tertiary/aromatic N) is 1. The van der Waals surface area contributed by atoms with Gasteiger partial charge in [-0.15, -0.1) is 0 Å². The molecule has 5 heteroatoms.